The highest BCUT2D eigenvalue weighted by Gasteiger charge is 2.24. The highest BCUT2D eigenvalue weighted by atomic mass is 35.5. The van der Waals surface area contributed by atoms with Gasteiger partial charge >= 0.3 is 5.97 Å². The smallest absolute Gasteiger partial charge is 0.355 e. The Hall–Kier alpha value is -2.27. The van der Waals surface area contributed by atoms with Gasteiger partial charge in [-0.15, -0.1) is 0 Å². The van der Waals surface area contributed by atoms with Crippen LogP contribution < -0.4 is 0 Å². The maximum Gasteiger partial charge on any atom is 0.355 e. The first-order valence-corrected chi connectivity index (χ1v) is 9.51. The molecule has 0 aliphatic heterocycles. The van der Waals surface area contributed by atoms with Gasteiger partial charge in [-0.25, -0.2) is 4.79 Å². The second-order valence-corrected chi connectivity index (χ2v) is 7.30. The van der Waals surface area contributed by atoms with E-state index in [2.05, 4.69) is 4.98 Å². The number of H-pyrrole nitrogens is 1. The molecule has 0 aliphatic carbocycles. The first-order chi connectivity index (χ1) is 12.8. The molecule has 2 rings (SSSR count). The molecule has 0 radical (unpaired) electrons. The molecule has 1 amide bonds. The number of hydrogen-bond acceptors (Lipinski definition) is 3. The van der Waals surface area contributed by atoms with Gasteiger partial charge in [-0.05, 0) is 43.5 Å². The monoisotopic (exact) mass is 390 g/mol. The van der Waals surface area contributed by atoms with Crippen molar-refractivity contribution in [3.8, 4) is 0 Å². The van der Waals surface area contributed by atoms with Crippen molar-refractivity contribution in [3.05, 3.63) is 57.4 Å². The molecule has 2 aromatic rings. The van der Waals surface area contributed by atoms with Crippen LogP contribution in [0.15, 0.2) is 24.3 Å². The van der Waals surface area contributed by atoms with Crippen molar-refractivity contribution < 1.29 is 14.3 Å². The zero-order valence-electron chi connectivity index (χ0n) is 16.6. The van der Waals surface area contributed by atoms with E-state index in [1.807, 2.05) is 52.0 Å². The lowest BCUT2D eigenvalue weighted by atomic mass is 10.1. The number of halogens is 1. The van der Waals surface area contributed by atoms with E-state index in [1.165, 1.54) is 0 Å². The Balaban J connectivity index is 2.34. The van der Waals surface area contributed by atoms with Gasteiger partial charge in [-0.3, -0.25) is 4.79 Å². The molecule has 1 N–H and O–H groups in total. The van der Waals surface area contributed by atoms with Crippen molar-refractivity contribution in [2.75, 3.05) is 6.61 Å². The number of aryl methyl sites for hydroxylation is 1. The summed E-state index contributed by atoms with van der Waals surface area (Å²) >= 11 is 6.29. The van der Waals surface area contributed by atoms with Gasteiger partial charge in [0.2, 0.25) is 5.91 Å². The number of ether oxygens (including phenoxy) is 1. The minimum atomic E-state index is -0.378. The molecular weight excluding hydrogens is 364 g/mol. The molecule has 0 atom stereocenters. The van der Waals surface area contributed by atoms with Crippen LogP contribution in [0.1, 0.15) is 53.6 Å². The molecule has 0 aliphatic rings. The van der Waals surface area contributed by atoms with Crippen LogP contribution in [-0.2, 0) is 22.6 Å². The molecule has 1 aromatic carbocycles. The molecule has 0 saturated carbocycles. The van der Waals surface area contributed by atoms with Crippen molar-refractivity contribution in [2.24, 2.45) is 5.92 Å². The largest absolute Gasteiger partial charge is 0.461 e. The van der Waals surface area contributed by atoms with Crippen LogP contribution in [-0.4, -0.2) is 28.4 Å². The number of nitrogens with zero attached hydrogens (tertiary/aromatic N) is 1. The Morgan fingerprint density at radius 3 is 2.44 bits per heavy atom. The maximum absolute atomic E-state index is 12.8. The SMILES string of the molecule is CCOC(=O)c1[nH]c(C)c(CN(Cc2ccccc2Cl)C(=O)C(C)C)c1C. The molecule has 6 heteroatoms. The van der Waals surface area contributed by atoms with Crippen LogP contribution in [0, 0.1) is 19.8 Å². The minimum absolute atomic E-state index is 0.0348. The third kappa shape index (κ3) is 4.92. The molecular formula is C21H27ClN2O3. The Labute approximate surface area is 165 Å². The van der Waals surface area contributed by atoms with Gasteiger partial charge in [0.15, 0.2) is 0 Å². The predicted molar refractivity (Wildman–Crippen MR) is 107 cm³/mol. The standard InChI is InChI=1S/C21H27ClN2O3/c1-6-27-21(26)19-14(4)17(15(5)23-19)12-24(20(25)13(2)3)11-16-9-7-8-10-18(16)22/h7-10,13,23H,6,11-12H2,1-5H3. The number of aromatic amines is 1. The van der Waals surface area contributed by atoms with Gasteiger partial charge in [-0.1, -0.05) is 43.6 Å². The van der Waals surface area contributed by atoms with E-state index in [1.54, 1.807) is 11.8 Å². The minimum Gasteiger partial charge on any atom is -0.461 e. The van der Waals surface area contributed by atoms with E-state index in [9.17, 15) is 9.59 Å². The Kier molecular flexibility index (Phi) is 7.08. The molecule has 5 nitrogen and oxygen atoms in total. The fourth-order valence-electron chi connectivity index (χ4n) is 3.03. The van der Waals surface area contributed by atoms with Gasteiger partial charge in [0.25, 0.3) is 0 Å². The van der Waals surface area contributed by atoms with Crippen LogP contribution in [0.25, 0.3) is 0 Å². The summed E-state index contributed by atoms with van der Waals surface area (Å²) in [4.78, 5) is 29.8. The quantitative estimate of drug-likeness (QED) is 0.700. The molecule has 0 saturated heterocycles. The number of benzene rings is 1. The highest BCUT2D eigenvalue weighted by molar-refractivity contribution is 6.31. The number of aromatic nitrogens is 1. The van der Waals surface area contributed by atoms with Gasteiger partial charge < -0.3 is 14.6 Å². The average Bonchev–Trinajstić information content (AvgIpc) is 2.90. The summed E-state index contributed by atoms with van der Waals surface area (Å²) in [5, 5.41) is 0.633. The number of amides is 1. The molecule has 1 heterocycles. The summed E-state index contributed by atoms with van der Waals surface area (Å²) in [6.07, 6.45) is 0. The summed E-state index contributed by atoms with van der Waals surface area (Å²) < 4.78 is 5.11. The van der Waals surface area contributed by atoms with E-state index in [4.69, 9.17) is 16.3 Å². The number of carbonyl (C=O) groups is 2. The highest BCUT2D eigenvalue weighted by Crippen LogP contribution is 2.24. The van der Waals surface area contributed by atoms with Crippen LogP contribution in [0.4, 0.5) is 0 Å². The summed E-state index contributed by atoms with van der Waals surface area (Å²) in [7, 11) is 0. The second kappa shape index (κ2) is 9.09. The third-order valence-corrected chi connectivity index (χ3v) is 4.91. The second-order valence-electron chi connectivity index (χ2n) is 6.89. The van der Waals surface area contributed by atoms with E-state index in [0.717, 1.165) is 22.4 Å². The summed E-state index contributed by atoms with van der Waals surface area (Å²) in [5.41, 5.74) is 3.94. The van der Waals surface area contributed by atoms with Gasteiger partial charge in [-0.2, -0.15) is 0 Å². The fourth-order valence-corrected chi connectivity index (χ4v) is 3.23. The lowest BCUT2D eigenvalue weighted by Gasteiger charge is -2.26. The first-order valence-electron chi connectivity index (χ1n) is 9.13. The lowest BCUT2D eigenvalue weighted by Crippen LogP contribution is -2.33. The molecule has 146 valence electrons. The van der Waals surface area contributed by atoms with E-state index in [-0.39, 0.29) is 17.8 Å². The lowest BCUT2D eigenvalue weighted by molar-refractivity contribution is -0.135. The van der Waals surface area contributed by atoms with Crippen LogP contribution in [0.2, 0.25) is 5.02 Å². The van der Waals surface area contributed by atoms with Crippen molar-refractivity contribution in [3.63, 3.8) is 0 Å². The maximum atomic E-state index is 12.8. The van der Waals surface area contributed by atoms with Crippen molar-refractivity contribution in [1.82, 2.24) is 9.88 Å². The summed E-state index contributed by atoms with van der Waals surface area (Å²) in [6, 6.07) is 7.52. The molecule has 0 bridgehead atoms. The van der Waals surface area contributed by atoms with Crippen molar-refractivity contribution in [2.45, 2.75) is 47.7 Å². The number of hydrogen-bond donors (Lipinski definition) is 1. The zero-order valence-corrected chi connectivity index (χ0v) is 17.3. The number of esters is 1. The Morgan fingerprint density at radius 2 is 1.85 bits per heavy atom. The van der Waals surface area contributed by atoms with E-state index >= 15 is 0 Å². The van der Waals surface area contributed by atoms with Gasteiger partial charge in [0.05, 0.1) is 6.61 Å². The zero-order chi connectivity index (χ0) is 20.1. The molecule has 1 aromatic heterocycles. The van der Waals surface area contributed by atoms with Crippen molar-refractivity contribution >= 4 is 23.5 Å². The number of nitrogens with one attached hydrogen (secondary N) is 1. The fraction of sp³-hybridized carbons (Fsp3) is 0.429. The van der Waals surface area contributed by atoms with Crippen LogP contribution in [0.3, 0.4) is 0 Å². The Bertz CT molecular complexity index is 827. The average molecular weight is 391 g/mol. The van der Waals surface area contributed by atoms with E-state index < -0.39 is 0 Å². The third-order valence-electron chi connectivity index (χ3n) is 4.55. The molecule has 0 unspecified atom stereocenters. The van der Waals surface area contributed by atoms with Crippen LogP contribution >= 0.6 is 11.6 Å². The normalized spacial score (nSPS) is 10.9. The molecule has 0 spiro atoms. The van der Waals surface area contributed by atoms with Crippen LogP contribution in [0.5, 0.6) is 0 Å². The first kappa shape index (κ1) is 21.0. The molecule has 27 heavy (non-hydrogen) atoms. The molecule has 0 fully saturated rings. The summed E-state index contributed by atoms with van der Waals surface area (Å²) in [6.45, 7) is 10.4. The number of carbonyl (C=O) groups excluding carboxylic acids is 2. The number of rotatable bonds is 7. The van der Waals surface area contributed by atoms with E-state index in [0.29, 0.717) is 30.4 Å². The predicted octanol–water partition coefficient (Wildman–Crippen LogP) is 4.65. The topological polar surface area (TPSA) is 62.4 Å². The van der Waals surface area contributed by atoms with Gasteiger partial charge in [0, 0.05) is 29.7 Å². The van der Waals surface area contributed by atoms with Crippen molar-refractivity contribution in [1.29, 1.82) is 0 Å². The summed E-state index contributed by atoms with van der Waals surface area (Å²) in [5.74, 6) is -0.485. The Morgan fingerprint density at radius 1 is 1.19 bits per heavy atom. The van der Waals surface area contributed by atoms with Gasteiger partial charge in [0.1, 0.15) is 5.69 Å².